The molecule has 6 nitrogen and oxygen atoms in total. The van der Waals surface area contributed by atoms with Crippen molar-refractivity contribution in [2.45, 2.75) is 13.5 Å². The lowest BCUT2D eigenvalue weighted by Crippen LogP contribution is -2.06. The average Bonchev–Trinajstić information content (AvgIpc) is 2.64. The molecule has 0 saturated carbocycles. The molecule has 0 radical (unpaired) electrons. The van der Waals surface area contributed by atoms with E-state index < -0.39 is 5.63 Å². The molecule has 0 spiro atoms. The Morgan fingerprint density at radius 3 is 2.37 bits per heavy atom. The van der Waals surface area contributed by atoms with Crippen LogP contribution in [-0.4, -0.2) is 7.11 Å². The van der Waals surface area contributed by atoms with Gasteiger partial charge in [0, 0.05) is 47.3 Å². The molecule has 4 aromatic rings. The third kappa shape index (κ3) is 3.29. The van der Waals surface area contributed by atoms with Crippen LogP contribution in [-0.2, 0) is 6.54 Å². The summed E-state index contributed by atoms with van der Waals surface area (Å²) >= 11 is 0. The van der Waals surface area contributed by atoms with Gasteiger partial charge in [-0.1, -0.05) is 0 Å². The summed E-state index contributed by atoms with van der Waals surface area (Å²) in [6.45, 7) is 2.28. The minimum absolute atomic E-state index is 0.377. The minimum Gasteiger partial charge on any atom is -0.497 e. The average molecular weight is 363 g/mol. The number of hydrogen-bond donors (Lipinski definition) is 1. The Morgan fingerprint density at radius 2 is 1.59 bits per heavy atom. The second kappa shape index (κ2) is 6.64. The lowest BCUT2D eigenvalue weighted by atomic mass is 10.1. The molecule has 0 aliphatic carbocycles. The highest BCUT2D eigenvalue weighted by Crippen LogP contribution is 2.24. The Labute approximate surface area is 154 Å². The number of fused-ring (bicyclic) bond motifs is 2. The molecular weight excluding hydrogens is 346 g/mol. The predicted octanol–water partition coefficient (Wildman–Crippen LogP) is 3.83. The molecule has 0 saturated heterocycles. The molecule has 0 amide bonds. The summed E-state index contributed by atoms with van der Waals surface area (Å²) in [6.07, 6.45) is 0. The molecule has 0 aliphatic rings. The lowest BCUT2D eigenvalue weighted by molar-refractivity contribution is 0.414. The molecule has 0 aliphatic heterocycles. The van der Waals surface area contributed by atoms with E-state index in [9.17, 15) is 9.59 Å². The molecule has 2 aromatic heterocycles. The van der Waals surface area contributed by atoms with Crippen molar-refractivity contribution in [2.24, 2.45) is 0 Å². The molecule has 1 N–H and O–H groups in total. The molecule has 27 heavy (non-hydrogen) atoms. The zero-order valence-electron chi connectivity index (χ0n) is 14.9. The van der Waals surface area contributed by atoms with Gasteiger partial charge in [-0.2, -0.15) is 0 Å². The van der Waals surface area contributed by atoms with Crippen LogP contribution >= 0.6 is 0 Å². The maximum absolute atomic E-state index is 11.9. The van der Waals surface area contributed by atoms with Gasteiger partial charge < -0.3 is 18.9 Å². The Bertz CT molecular complexity index is 1270. The fourth-order valence-corrected chi connectivity index (χ4v) is 3.12. The second-order valence-corrected chi connectivity index (χ2v) is 6.27. The van der Waals surface area contributed by atoms with Crippen LogP contribution in [0.15, 0.2) is 67.0 Å². The first-order valence-electron chi connectivity index (χ1n) is 8.42. The normalized spacial score (nSPS) is 11.0. The molecule has 2 aromatic carbocycles. The van der Waals surface area contributed by atoms with E-state index in [0.29, 0.717) is 23.5 Å². The fraction of sp³-hybridized carbons (Fsp3) is 0.143. The van der Waals surface area contributed by atoms with Crippen LogP contribution in [0.3, 0.4) is 0 Å². The maximum Gasteiger partial charge on any atom is 0.336 e. The Hall–Kier alpha value is -3.54. The summed E-state index contributed by atoms with van der Waals surface area (Å²) in [5.41, 5.74) is 2.64. The second-order valence-electron chi connectivity index (χ2n) is 6.27. The van der Waals surface area contributed by atoms with Crippen LogP contribution in [0.1, 0.15) is 11.1 Å². The predicted molar refractivity (Wildman–Crippen MR) is 104 cm³/mol. The van der Waals surface area contributed by atoms with Gasteiger partial charge in [0.15, 0.2) is 0 Å². The van der Waals surface area contributed by atoms with E-state index in [0.717, 1.165) is 27.6 Å². The summed E-state index contributed by atoms with van der Waals surface area (Å²) in [5, 5.41) is 4.98. The Kier molecular flexibility index (Phi) is 4.16. The van der Waals surface area contributed by atoms with E-state index in [1.165, 1.54) is 12.1 Å². The topological polar surface area (TPSA) is 81.7 Å². The monoisotopic (exact) mass is 363 g/mol. The summed E-state index contributed by atoms with van der Waals surface area (Å²) in [7, 11) is 1.56. The van der Waals surface area contributed by atoms with Crippen molar-refractivity contribution in [1.29, 1.82) is 0 Å². The smallest absolute Gasteiger partial charge is 0.336 e. The fourth-order valence-electron chi connectivity index (χ4n) is 3.12. The maximum atomic E-state index is 11.9. The van der Waals surface area contributed by atoms with Gasteiger partial charge in [0.05, 0.1) is 7.11 Å². The SMILES string of the molecule is COc1ccc2c(CNc3ccc4c(C)cc(=O)oc4c3)cc(=O)oc2c1. The summed E-state index contributed by atoms with van der Waals surface area (Å²) in [6, 6.07) is 13.9. The van der Waals surface area contributed by atoms with Crippen molar-refractivity contribution >= 4 is 27.6 Å². The van der Waals surface area contributed by atoms with Crippen LogP contribution in [0.2, 0.25) is 0 Å². The summed E-state index contributed by atoms with van der Waals surface area (Å²) < 4.78 is 15.7. The van der Waals surface area contributed by atoms with Gasteiger partial charge in [-0.3, -0.25) is 0 Å². The summed E-state index contributed by atoms with van der Waals surface area (Å²) in [4.78, 5) is 23.5. The molecule has 2 heterocycles. The van der Waals surface area contributed by atoms with E-state index in [4.69, 9.17) is 13.6 Å². The first-order chi connectivity index (χ1) is 13.0. The molecule has 6 heteroatoms. The highest BCUT2D eigenvalue weighted by Gasteiger charge is 2.08. The van der Waals surface area contributed by atoms with E-state index in [-0.39, 0.29) is 5.63 Å². The van der Waals surface area contributed by atoms with Crippen LogP contribution in [0.4, 0.5) is 5.69 Å². The van der Waals surface area contributed by atoms with Crippen molar-refractivity contribution in [1.82, 2.24) is 0 Å². The summed E-state index contributed by atoms with van der Waals surface area (Å²) in [5.74, 6) is 0.621. The van der Waals surface area contributed by atoms with Crippen LogP contribution < -0.4 is 21.3 Å². The van der Waals surface area contributed by atoms with Crippen molar-refractivity contribution in [2.75, 3.05) is 12.4 Å². The van der Waals surface area contributed by atoms with Gasteiger partial charge >= 0.3 is 11.3 Å². The largest absolute Gasteiger partial charge is 0.497 e. The molecule has 4 rings (SSSR count). The zero-order valence-corrected chi connectivity index (χ0v) is 14.9. The van der Waals surface area contributed by atoms with Gasteiger partial charge in [-0.05, 0) is 42.3 Å². The third-order valence-corrected chi connectivity index (χ3v) is 4.47. The number of anilines is 1. The van der Waals surface area contributed by atoms with Crippen molar-refractivity contribution in [3.05, 3.63) is 80.5 Å². The molecule has 0 unspecified atom stereocenters. The number of hydrogen-bond acceptors (Lipinski definition) is 6. The zero-order chi connectivity index (χ0) is 19.0. The van der Waals surface area contributed by atoms with Gasteiger partial charge in [-0.25, -0.2) is 9.59 Å². The number of nitrogens with one attached hydrogen (secondary N) is 1. The van der Waals surface area contributed by atoms with Crippen LogP contribution in [0, 0.1) is 6.92 Å². The van der Waals surface area contributed by atoms with E-state index in [1.807, 2.05) is 31.2 Å². The van der Waals surface area contributed by atoms with Crippen molar-refractivity contribution < 1.29 is 13.6 Å². The Morgan fingerprint density at radius 1 is 0.889 bits per heavy atom. The van der Waals surface area contributed by atoms with E-state index in [1.54, 1.807) is 19.2 Å². The minimum atomic E-state index is -0.423. The van der Waals surface area contributed by atoms with Crippen molar-refractivity contribution in [3.63, 3.8) is 0 Å². The van der Waals surface area contributed by atoms with Gasteiger partial charge in [0.2, 0.25) is 0 Å². The standard InChI is InChI=1S/C21H17NO5/c1-12-7-20(23)26-18-9-14(3-5-16(12)18)22-11-13-8-21(24)27-19-10-15(25-2)4-6-17(13)19/h3-10,22H,11H2,1-2H3. The number of ether oxygens (including phenoxy) is 1. The third-order valence-electron chi connectivity index (χ3n) is 4.47. The number of aryl methyl sites for hydroxylation is 1. The van der Waals surface area contributed by atoms with Crippen LogP contribution in [0.5, 0.6) is 5.75 Å². The molecular formula is C21H17NO5. The van der Waals surface area contributed by atoms with Crippen molar-refractivity contribution in [3.8, 4) is 5.75 Å². The van der Waals surface area contributed by atoms with E-state index >= 15 is 0 Å². The van der Waals surface area contributed by atoms with Gasteiger partial charge in [0.25, 0.3) is 0 Å². The quantitative estimate of drug-likeness (QED) is 0.555. The molecule has 0 fully saturated rings. The number of methoxy groups -OCH3 is 1. The first kappa shape index (κ1) is 16.9. The molecule has 136 valence electrons. The lowest BCUT2D eigenvalue weighted by Gasteiger charge is -2.10. The van der Waals surface area contributed by atoms with Gasteiger partial charge in [0.1, 0.15) is 16.9 Å². The number of benzene rings is 2. The number of rotatable bonds is 4. The van der Waals surface area contributed by atoms with Crippen LogP contribution in [0.25, 0.3) is 21.9 Å². The van der Waals surface area contributed by atoms with E-state index in [2.05, 4.69) is 5.32 Å². The van der Waals surface area contributed by atoms with Gasteiger partial charge in [-0.15, -0.1) is 0 Å². The molecule has 0 bridgehead atoms. The highest BCUT2D eigenvalue weighted by atomic mass is 16.5. The first-order valence-corrected chi connectivity index (χ1v) is 8.42. The molecule has 0 atom stereocenters. The Balaban J connectivity index is 1.68. The highest BCUT2D eigenvalue weighted by molar-refractivity contribution is 5.84.